The summed E-state index contributed by atoms with van der Waals surface area (Å²) >= 11 is 1.20. The van der Waals surface area contributed by atoms with Gasteiger partial charge < -0.3 is 14.4 Å². The van der Waals surface area contributed by atoms with E-state index in [0.717, 1.165) is 16.4 Å². The minimum atomic E-state index is -0.963. The summed E-state index contributed by atoms with van der Waals surface area (Å²) in [6.45, 7) is 9.47. The maximum Gasteiger partial charge on any atom is 0.491 e. The van der Waals surface area contributed by atoms with Gasteiger partial charge >= 0.3 is 13.1 Å². The molecule has 0 bridgehead atoms. The first-order valence-electron chi connectivity index (χ1n) is 9.46. The molecule has 2 aromatic rings. The molecule has 0 amide bonds. The molecule has 5 nitrogen and oxygen atoms in total. The quantitative estimate of drug-likeness (QED) is 0.709. The lowest BCUT2D eigenvalue weighted by atomic mass is 9.78. The van der Waals surface area contributed by atoms with E-state index in [9.17, 15) is 14.7 Å². The summed E-state index contributed by atoms with van der Waals surface area (Å²) in [5, 5.41) is 11.0. The van der Waals surface area contributed by atoms with Crippen LogP contribution < -0.4 is 0 Å². The van der Waals surface area contributed by atoms with E-state index < -0.39 is 24.3 Å². The van der Waals surface area contributed by atoms with Gasteiger partial charge in [-0.15, -0.1) is 0 Å². The molecule has 0 aromatic heterocycles. The van der Waals surface area contributed by atoms with Gasteiger partial charge in [0.2, 0.25) is 0 Å². The summed E-state index contributed by atoms with van der Waals surface area (Å²) in [6, 6.07) is 10.8. The molecule has 1 fully saturated rings. The molecule has 1 saturated heterocycles. The van der Waals surface area contributed by atoms with E-state index in [1.807, 2.05) is 52.0 Å². The molecular weight excluding hydrogens is 387 g/mol. The lowest BCUT2D eigenvalue weighted by molar-refractivity contribution is -0.109. The van der Waals surface area contributed by atoms with Gasteiger partial charge in [0.1, 0.15) is 0 Å². The molecule has 0 radical (unpaired) electrons. The summed E-state index contributed by atoms with van der Waals surface area (Å²) < 4.78 is 12.4. The van der Waals surface area contributed by atoms with E-state index in [4.69, 9.17) is 9.31 Å². The van der Waals surface area contributed by atoms with Crippen molar-refractivity contribution < 1.29 is 24.0 Å². The van der Waals surface area contributed by atoms with Crippen molar-refractivity contribution in [1.29, 1.82) is 0 Å². The second-order valence-electron chi connectivity index (χ2n) is 8.14. The first-order chi connectivity index (χ1) is 13.5. The van der Waals surface area contributed by atoms with Gasteiger partial charge in [-0.05, 0) is 55.6 Å². The van der Waals surface area contributed by atoms with Gasteiger partial charge in [-0.3, -0.25) is 4.79 Å². The van der Waals surface area contributed by atoms with Crippen LogP contribution in [-0.2, 0) is 14.1 Å². The Balaban J connectivity index is 2.08. The summed E-state index contributed by atoms with van der Waals surface area (Å²) in [5.41, 5.74) is 0.962. The van der Waals surface area contributed by atoms with Crippen LogP contribution in [-0.4, -0.2) is 40.3 Å². The molecule has 3 rings (SSSR count). The maximum atomic E-state index is 11.6. The summed E-state index contributed by atoms with van der Waals surface area (Å²) in [4.78, 5) is 23.2. The minimum Gasteiger partial charge on any atom is -0.478 e. The van der Waals surface area contributed by atoms with Gasteiger partial charge in [-0.25, -0.2) is 4.79 Å². The Hall–Kier alpha value is -2.09. The standard InChI is InChI=1S/C22H25BO5S/c1-14(24)29-13-16(23-27-21(2,3)22(4,5)28-23)12-15-8-6-10-18-17(15)9-7-11-19(18)20(25)26/h6-12H,13H2,1-5H3,(H,25,26). The second-order valence-corrected chi connectivity index (χ2v) is 9.29. The van der Waals surface area contributed by atoms with Crippen LogP contribution in [0.4, 0.5) is 0 Å². The van der Waals surface area contributed by atoms with Crippen LogP contribution in [0.3, 0.4) is 0 Å². The lowest BCUT2D eigenvalue weighted by Gasteiger charge is -2.32. The number of carbonyl (C=O) groups is 2. The molecule has 1 aliphatic rings. The molecular formula is C22H25BO5S. The summed E-state index contributed by atoms with van der Waals surface area (Å²) in [5.74, 6) is -0.531. The molecule has 0 atom stereocenters. The zero-order chi connectivity index (χ0) is 21.4. The number of carboxylic acid groups (broad SMARTS) is 1. The Morgan fingerprint density at radius 2 is 1.62 bits per heavy atom. The van der Waals surface area contributed by atoms with Crippen LogP contribution in [0.25, 0.3) is 16.8 Å². The maximum absolute atomic E-state index is 11.6. The molecule has 0 aliphatic carbocycles. The zero-order valence-corrected chi connectivity index (χ0v) is 18.1. The third-order valence-corrected chi connectivity index (χ3v) is 6.41. The van der Waals surface area contributed by atoms with Crippen molar-refractivity contribution in [2.75, 3.05) is 5.75 Å². The Bertz CT molecular complexity index is 980. The molecule has 0 spiro atoms. The van der Waals surface area contributed by atoms with E-state index in [1.165, 1.54) is 18.7 Å². The fourth-order valence-electron chi connectivity index (χ4n) is 3.20. The smallest absolute Gasteiger partial charge is 0.478 e. The predicted molar refractivity (Wildman–Crippen MR) is 118 cm³/mol. The largest absolute Gasteiger partial charge is 0.491 e. The lowest BCUT2D eigenvalue weighted by Crippen LogP contribution is -2.41. The van der Waals surface area contributed by atoms with E-state index in [-0.39, 0.29) is 10.7 Å². The van der Waals surface area contributed by atoms with Gasteiger partial charge in [-0.1, -0.05) is 48.2 Å². The fraction of sp³-hybridized carbons (Fsp3) is 0.364. The van der Waals surface area contributed by atoms with Gasteiger partial charge in [0.25, 0.3) is 0 Å². The molecule has 152 valence electrons. The molecule has 2 aromatic carbocycles. The number of fused-ring (bicyclic) bond motifs is 1. The topological polar surface area (TPSA) is 72.8 Å². The first kappa shape index (κ1) is 21.6. The monoisotopic (exact) mass is 412 g/mol. The molecule has 0 saturated carbocycles. The second kappa shape index (κ2) is 7.97. The van der Waals surface area contributed by atoms with Gasteiger partial charge in [0.15, 0.2) is 5.12 Å². The van der Waals surface area contributed by atoms with Crippen molar-refractivity contribution in [3.8, 4) is 0 Å². The number of hydrogen-bond acceptors (Lipinski definition) is 5. The third kappa shape index (κ3) is 4.42. The highest BCUT2D eigenvalue weighted by Gasteiger charge is 2.52. The van der Waals surface area contributed by atoms with Crippen LogP contribution in [0.1, 0.15) is 50.5 Å². The van der Waals surface area contributed by atoms with Crippen molar-refractivity contribution in [3.05, 3.63) is 53.0 Å². The summed E-state index contributed by atoms with van der Waals surface area (Å²) in [7, 11) is -0.579. The highest BCUT2D eigenvalue weighted by Crippen LogP contribution is 2.39. The molecule has 1 aliphatic heterocycles. The fourth-order valence-corrected chi connectivity index (χ4v) is 3.79. The minimum absolute atomic E-state index is 0.0125. The highest BCUT2D eigenvalue weighted by atomic mass is 32.2. The van der Waals surface area contributed by atoms with E-state index >= 15 is 0 Å². The predicted octanol–water partition coefficient (Wildman–Crippen LogP) is 4.83. The molecule has 1 heterocycles. The Labute approximate surface area is 175 Å². The van der Waals surface area contributed by atoms with Crippen LogP contribution in [0.15, 0.2) is 41.9 Å². The molecule has 29 heavy (non-hydrogen) atoms. The summed E-state index contributed by atoms with van der Waals surface area (Å²) in [6.07, 6.45) is 1.95. The molecule has 7 heteroatoms. The van der Waals surface area contributed by atoms with Crippen molar-refractivity contribution in [1.82, 2.24) is 0 Å². The van der Waals surface area contributed by atoms with Crippen LogP contribution >= 0.6 is 11.8 Å². The van der Waals surface area contributed by atoms with Crippen molar-refractivity contribution >= 4 is 46.8 Å². The number of thioether (sulfide) groups is 1. The first-order valence-corrected chi connectivity index (χ1v) is 10.4. The normalized spacial score (nSPS) is 18.2. The Morgan fingerprint density at radius 3 is 2.21 bits per heavy atom. The van der Waals surface area contributed by atoms with E-state index in [2.05, 4.69) is 0 Å². The highest BCUT2D eigenvalue weighted by molar-refractivity contribution is 8.13. The van der Waals surface area contributed by atoms with Crippen molar-refractivity contribution in [3.63, 3.8) is 0 Å². The van der Waals surface area contributed by atoms with Gasteiger partial charge in [-0.2, -0.15) is 0 Å². The number of carbonyl (C=O) groups excluding carboxylic acids is 1. The number of carboxylic acids is 1. The number of rotatable bonds is 5. The van der Waals surface area contributed by atoms with Crippen LogP contribution in [0.5, 0.6) is 0 Å². The molecule has 1 N–H and O–H groups in total. The average molecular weight is 412 g/mol. The van der Waals surface area contributed by atoms with Crippen LogP contribution in [0.2, 0.25) is 0 Å². The number of aromatic carboxylic acids is 1. The zero-order valence-electron chi connectivity index (χ0n) is 17.3. The molecule has 0 unspecified atom stereocenters. The van der Waals surface area contributed by atoms with E-state index in [0.29, 0.717) is 11.1 Å². The van der Waals surface area contributed by atoms with Crippen LogP contribution in [0, 0.1) is 0 Å². The average Bonchev–Trinajstić information content (AvgIpc) is 2.85. The SMILES string of the molecule is CC(=O)SCC(=Cc1cccc2c(C(=O)O)cccc12)B1OC(C)(C)C(C)(C)O1. The van der Waals surface area contributed by atoms with Crippen molar-refractivity contribution in [2.24, 2.45) is 0 Å². The van der Waals surface area contributed by atoms with Crippen molar-refractivity contribution in [2.45, 2.75) is 45.8 Å². The van der Waals surface area contributed by atoms with E-state index in [1.54, 1.807) is 18.2 Å². The van der Waals surface area contributed by atoms with Gasteiger partial charge in [0, 0.05) is 12.7 Å². The number of benzene rings is 2. The Morgan fingerprint density at radius 1 is 1.03 bits per heavy atom. The Kier molecular flexibility index (Phi) is 5.94. The third-order valence-electron chi connectivity index (χ3n) is 5.53. The number of hydrogen-bond donors (Lipinski definition) is 1. The van der Waals surface area contributed by atoms with Gasteiger partial charge in [0.05, 0.1) is 16.8 Å².